The van der Waals surface area contributed by atoms with Crippen LogP contribution in [0.4, 0.5) is 0 Å². The standard InChI is InChI=1S/C13H15IN2O3/c1-3-7-8(4-2)13(19)16(11(7)14)9-5-6-10(17)15-12(9)18/h3-4,9,11H,5-6H2,1-2H3,(H,15,17,18)/b7-3+,8-4+. The van der Waals surface area contributed by atoms with Crippen molar-refractivity contribution in [1.29, 1.82) is 0 Å². The van der Waals surface area contributed by atoms with Gasteiger partial charge in [0.15, 0.2) is 0 Å². The molecule has 5 nitrogen and oxygen atoms in total. The zero-order valence-electron chi connectivity index (χ0n) is 10.8. The molecule has 0 aliphatic carbocycles. The van der Waals surface area contributed by atoms with Crippen molar-refractivity contribution < 1.29 is 14.4 Å². The third-order valence-corrected chi connectivity index (χ3v) is 4.69. The molecule has 0 aromatic carbocycles. The average Bonchev–Trinajstić information content (AvgIpc) is 2.61. The van der Waals surface area contributed by atoms with Crippen LogP contribution in [0.5, 0.6) is 0 Å². The van der Waals surface area contributed by atoms with Gasteiger partial charge in [0.25, 0.3) is 5.91 Å². The van der Waals surface area contributed by atoms with E-state index in [2.05, 4.69) is 27.9 Å². The summed E-state index contributed by atoms with van der Waals surface area (Å²) in [6, 6.07) is -0.556. The predicted molar refractivity (Wildman–Crippen MR) is 78.3 cm³/mol. The second-order valence-electron chi connectivity index (χ2n) is 4.46. The number of hydrogen-bond donors (Lipinski definition) is 1. The second kappa shape index (κ2) is 5.44. The maximum atomic E-state index is 12.4. The molecule has 0 aromatic rings. The molecule has 2 rings (SSSR count). The molecule has 2 atom stereocenters. The number of nitrogens with one attached hydrogen (secondary N) is 1. The SMILES string of the molecule is C/C=C1/C(=O)N(C2CCC(=O)NC2=O)C(I)/C1=C/C. The highest BCUT2D eigenvalue weighted by Crippen LogP contribution is 2.36. The minimum Gasteiger partial charge on any atom is -0.311 e. The number of allylic oxidation sites excluding steroid dienone is 2. The van der Waals surface area contributed by atoms with Crippen molar-refractivity contribution in [3.63, 3.8) is 0 Å². The third-order valence-electron chi connectivity index (χ3n) is 3.42. The van der Waals surface area contributed by atoms with Crippen LogP contribution in [0.2, 0.25) is 0 Å². The summed E-state index contributed by atoms with van der Waals surface area (Å²) in [5.74, 6) is -0.779. The molecule has 2 heterocycles. The van der Waals surface area contributed by atoms with Crippen LogP contribution in [0.15, 0.2) is 23.3 Å². The van der Waals surface area contributed by atoms with Crippen molar-refractivity contribution in [3.8, 4) is 0 Å². The Labute approximate surface area is 125 Å². The largest absolute Gasteiger partial charge is 0.311 e. The molecule has 6 heteroatoms. The van der Waals surface area contributed by atoms with Gasteiger partial charge in [-0.3, -0.25) is 19.7 Å². The van der Waals surface area contributed by atoms with Gasteiger partial charge in [-0.15, -0.1) is 0 Å². The molecule has 102 valence electrons. The van der Waals surface area contributed by atoms with Crippen LogP contribution in [0.3, 0.4) is 0 Å². The van der Waals surface area contributed by atoms with Gasteiger partial charge in [-0.25, -0.2) is 0 Å². The van der Waals surface area contributed by atoms with Crippen LogP contribution in [0, 0.1) is 0 Å². The second-order valence-corrected chi connectivity index (χ2v) is 5.64. The fourth-order valence-corrected chi connectivity index (χ4v) is 3.81. The van der Waals surface area contributed by atoms with Gasteiger partial charge in [0.2, 0.25) is 11.8 Å². The Morgan fingerprint density at radius 2 is 1.95 bits per heavy atom. The summed E-state index contributed by atoms with van der Waals surface area (Å²) in [5.41, 5.74) is 1.57. The first-order chi connectivity index (χ1) is 9.01. The Morgan fingerprint density at radius 1 is 1.26 bits per heavy atom. The normalized spacial score (nSPS) is 32.4. The lowest BCUT2D eigenvalue weighted by atomic mass is 10.0. The molecule has 2 unspecified atom stereocenters. The maximum Gasteiger partial charge on any atom is 0.255 e. The zero-order chi connectivity index (χ0) is 14.2. The van der Waals surface area contributed by atoms with Crippen molar-refractivity contribution in [2.24, 2.45) is 0 Å². The molecular formula is C13H15IN2O3. The van der Waals surface area contributed by atoms with Crippen molar-refractivity contribution in [3.05, 3.63) is 23.3 Å². The summed E-state index contributed by atoms with van der Waals surface area (Å²) in [7, 11) is 0. The lowest BCUT2D eigenvalue weighted by molar-refractivity contribution is -0.142. The molecule has 0 spiro atoms. The first-order valence-corrected chi connectivity index (χ1v) is 7.39. The number of carbonyl (C=O) groups excluding carboxylic acids is 3. The van der Waals surface area contributed by atoms with E-state index in [-0.39, 0.29) is 28.2 Å². The van der Waals surface area contributed by atoms with Crippen molar-refractivity contribution in [1.82, 2.24) is 10.2 Å². The van der Waals surface area contributed by atoms with E-state index < -0.39 is 6.04 Å². The molecule has 0 radical (unpaired) electrons. The van der Waals surface area contributed by atoms with Crippen molar-refractivity contribution in [2.45, 2.75) is 36.8 Å². The highest BCUT2D eigenvalue weighted by molar-refractivity contribution is 14.1. The van der Waals surface area contributed by atoms with E-state index in [4.69, 9.17) is 0 Å². The number of carbonyl (C=O) groups is 3. The monoisotopic (exact) mass is 374 g/mol. The van der Waals surface area contributed by atoms with E-state index in [0.29, 0.717) is 12.0 Å². The van der Waals surface area contributed by atoms with Gasteiger partial charge in [-0.2, -0.15) is 0 Å². The molecule has 2 fully saturated rings. The Kier molecular flexibility index (Phi) is 4.07. The van der Waals surface area contributed by atoms with Gasteiger partial charge in [-0.1, -0.05) is 34.7 Å². The highest BCUT2D eigenvalue weighted by atomic mass is 127. The molecule has 2 aliphatic rings. The molecule has 0 bridgehead atoms. The minimum absolute atomic E-state index is 0.135. The summed E-state index contributed by atoms with van der Waals surface area (Å²) in [6.45, 7) is 3.69. The molecular weight excluding hydrogens is 359 g/mol. The average molecular weight is 374 g/mol. The van der Waals surface area contributed by atoms with E-state index in [9.17, 15) is 14.4 Å². The first kappa shape index (κ1) is 14.2. The molecule has 2 saturated heterocycles. The van der Waals surface area contributed by atoms with Gasteiger partial charge in [0.05, 0.1) is 0 Å². The number of amides is 3. The van der Waals surface area contributed by atoms with Gasteiger partial charge in [0, 0.05) is 12.0 Å². The molecule has 0 saturated carbocycles. The lowest BCUT2D eigenvalue weighted by Crippen LogP contribution is -2.54. The predicted octanol–water partition coefficient (Wildman–Crippen LogP) is 1.29. The molecule has 19 heavy (non-hydrogen) atoms. The maximum absolute atomic E-state index is 12.4. The van der Waals surface area contributed by atoms with Gasteiger partial charge in [-0.05, 0) is 25.8 Å². The van der Waals surface area contributed by atoms with Crippen molar-refractivity contribution >= 4 is 40.3 Å². The van der Waals surface area contributed by atoms with E-state index in [0.717, 1.165) is 5.57 Å². The third kappa shape index (κ3) is 2.33. The summed E-state index contributed by atoms with van der Waals surface area (Å²) in [6.07, 6.45) is 4.34. The van der Waals surface area contributed by atoms with Gasteiger partial charge < -0.3 is 4.90 Å². The fraction of sp³-hybridized carbons (Fsp3) is 0.462. The number of imide groups is 1. The van der Waals surface area contributed by atoms with Crippen LogP contribution in [-0.2, 0) is 14.4 Å². The van der Waals surface area contributed by atoms with Crippen LogP contribution in [0.25, 0.3) is 0 Å². The molecule has 2 aliphatic heterocycles. The van der Waals surface area contributed by atoms with Crippen molar-refractivity contribution in [2.75, 3.05) is 0 Å². The fourth-order valence-electron chi connectivity index (χ4n) is 2.47. The van der Waals surface area contributed by atoms with E-state index in [1.54, 1.807) is 11.0 Å². The summed E-state index contributed by atoms with van der Waals surface area (Å²) in [4.78, 5) is 37.0. The van der Waals surface area contributed by atoms with Crippen LogP contribution >= 0.6 is 22.6 Å². The molecule has 1 N–H and O–H groups in total. The summed E-state index contributed by atoms with van der Waals surface area (Å²) < 4.78 is -0.162. The Bertz CT molecular complexity index is 510. The van der Waals surface area contributed by atoms with Gasteiger partial charge in [0.1, 0.15) is 10.1 Å². The zero-order valence-corrected chi connectivity index (χ0v) is 12.9. The number of hydrogen-bond acceptors (Lipinski definition) is 3. The lowest BCUT2D eigenvalue weighted by Gasteiger charge is -2.31. The Balaban J connectivity index is 2.33. The number of alkyl halides is 1. The number of likely N-dealkylation sites (tertiary alicyclic amines) is 1. The summed E-state index contributed by atoms with van der Waals surface area (Å²) >= 11 is 2.16. The smallest absolute Gasteiger partial charge is 0.255 e. The van der Waals surface area contributed by atoms with E-state index in [1.165, 1.54) is 0 Å². The Hall–Kier alpha value is -1.18. The first-order valence-electron chi connectivity index (χ1n) is 6.14. The quantitative estimate of drug-likeness (QED) is 0.247. The van der Waals surface area contributed by atoms with E-state index in [1.807, 2.05) is 19.9 Å². The van der Waals surface area contributed by atoms with Gasteiger partial charge >= 0.3 is 0 Å². The molecule has 3 amide bonds. The van der Waals surface area contributed by atoms with Crippen LogP contribution in [0.1, 0.15) is 26.7 Å². The van der Waals surface area contributed by atoms with Crippen LogP contribution in [-0.4, -0.2) is 32.7 Å². The number of nitrogens with zero attached hydrogens (tertiary/aromatic N) is 1. The Morgan fingerprint density at radius 3 is 2.42 bits per heavy atom. The number of piperidine rings is 1. The number of halogens is 1. The molecule has 0 aromatic heterocycles. The minimum atomic E-state index is -0.556. The summed E-state index contributed by atoms with van der Waals surface area (Å²) in [5, 5.41) is 2.30. The topological polar surface area (TPSA) is 66.5 Å². The van der Waals surface area contributed by atoms with Crippen LogP contribution < -0.4 is 5.32 Å². The highest BCUT2D eigenvalue weighted by Gasteiger charge is 2.45. The number of rotatable bonds is 1. The van der Waals surface area contributed by atoms with E-state index >= 15 is 0 Å².